The Kier molecular flexibility index (Phi) is 2.75. The van der Waals surface area contributed by atoms with Gasteiger partial charge in [-0.15, -0.1) is 0 Å². The Morgan fingerprint density at radius 3 is 2.76 bits per heavy atom. The average Bonchev–Trinajstić information content (AvgIpc) is 3.23. The summed E-state index contributed by atoms with van der Waals surface area (Å²) >= 11 is 0. The van der Waals surface area contributed by atoms with Crippen LogP contribution >= 0.6 is 0 Å². The predicted octanol–water partition coefficient (Wildman–Crippen LogP) is 1.60. The first-order valence-corrected chi connectivity index (χ1v) is 7.45. The maximum absolute atomic E-state index is 12.4. The van der Waals surface area contributed by atoms with Gasteiger partial charge in [0.1, 0.15) is 11.5 Å². The lowest BCUT2D eigenvalue weighted by Gasteiger charge is -2.19. The van der Waals surface area contributed by atoms with Gasteiger partial charge in [0.05, 0.1) is 17.5 Å². The number of anilines is 1. The minimum absolute atomic E-state index is 0.0114. The van der Waals surface area contributed by atoms with E-state index in [0.717, 1.165) is 17.5 Å². The van der Waals surface area contributed by atoms with E-state index in [-0.39, 0.29) is 23.7 Å². The van der Waals surface area contributed by atoms with E-state index in [0.29, 0.717) is 18.2 Å². The first-order valence-electron chi connectivity index (χ1n) is 7.45. The Morgan fingerprint density at radius 2 is 2.10 bits per heavy atom. The molecule has 6 nitrogen and oxygen atoms in total. The normalized spacial score (nSPS) is 25.6. The largest absolute Gasteiger partial charge is 0.383 e. The van der Waals surface area contributed by atoms with Crippen LogP contribution in [-0.2, 0) is 4.74 Å². The van der Waals surface area contributed by atoms with E-state index in [2.05, 4.69) is 4.98 Å². The summed E-state index contributed by atoms with van der Waals surface area (Å²) in [6, 6.07) is 3.92. The van der Waals surface area contributed by atoms with Crippen molar-refractivity contribution in [2.24, 2.45) is 0 Å². The molecule has 0 amide bonds. The fourth-order valence-corrected chi connectivity index (χ4v) is 3.12. The fourth-order valence-electron chi connectivity index (χ4n) is 3.12. The molecule has 1 saturated carbocycles. The van der Waals surface area contributed by atoms with Crippen molar-refractivity contribution in [3.63, 3.8) is 0 Å². The Morgan fingerprint density at radius 1 is 1.29 bits per heavy atom. The van der Waals surface area contributed by atoms with Crippen LogP contribution in [0.5, 0.6) is 0 Å². The van der Waals surface area contributed by atoms with E-state index in [4.69, 9.17) is 15.5 Å². The highest BCUT2D eigenvalue weighted by Crippen LogP contribution is 2.40. The highest BCUT2D eigenvalue weighted by molar-refractivity contribution is 5.85. The molecule has 2 atom stereocenters. The van der Waals surface area contributed by atoms with E-state index >= 15 is 0 Å². The highest BCUT2D eigenvalue weighted by Gasteiger charge is 2.30. The number of hydrogen-bond donors (Lipinski definition) is 1. The van der Waals surface area contributed by atoms with Crippen molar-refractivity contribution in [1.29, 1.82) is 0 Å². The third kappa shape index (κ3) is 2.01. The molecule has 2 aliphatic rings. The van der Waals surface area contributed by atoms with Crippen molar-refractivity contribution in [2.75, 3.05) is 12.3 Å². The minimum Gasteiger partial charge on any atom is -0.383 e. The molecular formula is C15H18N4O2. The fraction of sp³-hybridized carbons (Fsp3) is 0.533. The van der Waals surface area contributed by atoms with Crippen LogP contribution in [0.25, 0.3) is 11.0 Å². The lowest BCUT2D eigenvalue weighted by atomic mass is 10.1. The number of nitrogens with two attached hydrogens (primary N) is 1. The molecule has 0 radical (unpaired) electrons. The second-order valence-electron chi connectivity index (χ2n) is 5.96. The lowest BCUT2D eigenvalue weighted by Crippen LogP contribution is -2.32. The third-order valence-electron chi connectivity index (χ3n) is 4.49. The maximum Gasteiger partial charge on any atom is 0.351 e. The Hall–Kier alpha value is -1.95. The van der Waals surface area contributed by atoms with Crippen LogP contribution in [-0.4, -0.2) is 27.2 Å². The molecule has 21 heavy (non-hydrogen) atoms. The van der Waals surface area contributed by atoms with E-state index in [9.17, 15) is 4.79 Å². The van der Waals surface area contributed by atoms with Gasteiger partial charge in [0.25, 0.3) is 0 Å². The molecule has 2 fully saturated rings. The zero-order chi connectivity index (χ0) is 14.6. The van der Waals surface area contributed by atoms with Gasteiger partial charge in [-0.25, -0.2) is 9.78 Å². The zero-order valence-corrected chi connectivity index (χ0v) is 12.0. The third-order valence-corrected chi connectivity index (χ3v) is 4.49. The molecule has 110 valence electrons. The van der Waals surface area contributed by atoms with Crippen molar-refractivity contribution in [1.82, 2.24) is 14.5 Å². The molecule has 0 bridgehead atoms. The monoisotopic (exact) mass is 286 g/mol. The summed E-state index contributed by atoms with van der Waals surface area (Å²) in [7, 11) is 0. The van der Waals surface area contributed by atoms with Gasteiger partial charge in [-0.3, -0.25) is 4.57 Å². The summed E-state index contributed by atoms with van der Waals surface area (Å²) in [6.45, 7) is 2.64. The van der Waals surface area contributed by atoms with Crippen LogP contribution < -0.4 is 11.4 Å². The van der Waals surface area contributed by atoms with Crippen LogP contribution in [0, 0.1) is 0 Å². The summed E-state index contributed by atoms with van der Waals surface area (Å²) in [5, 5.41) is 0.748. The van der Waals surface area contributed by atoms with Crippen LogP contribution in [0.1, 0.15) is 43.8 Å². The summed E-state index contributed by atoms with van der Waals surface area (Å²) in [6.07, 6.45) is 3.14. The molecule has 2 aromatic rings. The van der Waals surface area contributed by atoms with E-state index in [1.807, 2.05) is 19.1 Å². The first-order chi connectivity index (χ1) is 10.1. The molecule has 6 heteroatoms. The van der Waals surface area contributed by atoms with Crippen LogP contribution in [0.3, 0.4) is 0 Å². The van der Waals surface area contributed by atoms with Crippen molar-refractivity contribution in [3.05, 3.63) is 28.3 Å². The molecule has 3 heterocycles. The van der Waals surface area contributed by atoms with Gasteiger partial charge >= 0.3 is 5.69 Å². The standard InChI is InChI=1S/C15H18N4O2/c1-8-12(6-7-21-8)19-14-10(13(16)18-15(19)20)4-5-11(17-14)9-2-3-9/h4-5,8-9,12H,2-3,6-7H2,1H3,(H2,16,18,20). The van der Waals surface area contributed by atoms with Gasteiger partial charge in [0.2, 0.25) is 0 Å². The molecule has 0 aromatic carbocycles. The summed E-state index contributed by atoms with van der Waals surface area (Å²) in [5.74, 6) is 0.789. The topological polar surface area (TPSA) is 83.0 Å². The minimum atomic E-state index is -0.331. The first kappa shape index (κ1) is 12.8. The maximum atomic E-state index is 12.4. The molecule has 2 N–H and O–H groups in total. The number of aromatic nitrogens is 3. The van der Waals surface area contributed by atoms with Gasteiger partial charge < -0.3 is 10.5 Å². The Bertz CT molecular complexity index is 766. The van der Waals surface area contributed by atoms with Crippen molar-refractivity contribution >= 4 is 16.9 Å². The second-order valence-corrected chi connectivity index (χ2v) is 5.96. The quantitative estimate of drug-likeness (QED) is 0.906. The van der Waals surface area contributed by atoms with Crippen LogP contribution in [0.15, 0.2) is 16.9 Å². The van der Waals surface area contributed by atoms with Crippen molar-refractivity contribution < 1.29 is 4.74 Å². The summed E-state index contributed by atoms with van der Waals surface area (Å²) in [4.78, 5) is 21.0. The molecule has 4 rings (SSSR count). The number of fused-ring (bicyclic) bond motifs is 1. The molecule has 1 aliphatic heterocycles. The molecule has 1 aliphatic carbocycles. The van der Waals surface area contributed by atoms with E-state index < -0.39 is 0 Å². The van der Waals surface area contributed by atoms with E-state index in [1.54, 1.807) is 4.57 Å². The molecular weight excluding hydrogens is 268 g/mol. The van der Waals surface area contributed by atoms with Gasteiger partial charge in [-0.05, 0) is 38.3 Å². The SMILES string of the molecule is CC1OCCC1n1c(=O)nc(N)c2ccc(C3CC3)nc21. The number of ether oxygens (including phenoxy) is 1. The zero-order valence-electron chi connectivity index (χ0n) is 12.0. The van der Waals surface area contributed by atoms with Crippen LogP contribution in [0.4, 0.5) is 5.82 Å². The number of nitrogens with zero attached hydrogens (tertiary/aromatic N) is 3. The smallest absolute Gasteiger partial charge is 0.351 e. The average molecular weight is 286 g/mol. The van der Waals surface area contributed by atoms with Crippen LogP contribution in [0.2, 0.25) is 0 Å². The predicted molar refractivity (Wildman–Crippen MR) is 79.3 cm³/mol. The molecule has 2 unspecified atom stereocenters. The molecule has 2 aromatic heterocycles. The van der Waals surface area contributed by atoms with Crippen molar-refractivity contribution in [3.8, 4) is 0 Å². The van der Waals surface area contributed by atoms with E-state index in [1.165, 1.54) is 12.8 Å². The number of rotatable bonds is 2. The van der Waals surface area contributed by atoms with Crippen molar-refractivity contribution in [2.45, 2.75) is 44.2 Å². The summed E-state index contributed by atoms with van der Waals surface area (Å²) < 4.78 is 7.27. The van der Waals surface area contributed by atoms with Gasteiger partial charge in [-0.1, -0.05) is 0 Å². The van der Waals surface area contributed by atoms with Gasteiger partial charge in [-0.2, -0.15) is 4.98 Å². The van der Waals surface area contributed by atoms with Gasteiger partial charge in [0, 0.05) is 18.2 Å². The summed E-state index contributed by atoms with van der Waals surface area (Å²) in [5.41, 5.74) is 7.28. The second kappa shape index (κ2) is 4.53. The number of pyridine rings is 1. The highest BCUT2D eigenvalue weighted by atomic mass is 16.5. The Balaban J connectivity index is 1.98. The molecule has 0 spiro atoms. The van der Waals surface area contributed by atoms with Gasteiger partial charge in [0.15, 0.2) is 0 Å². The molecule has 1 saturated heterocycles. The Labute approximate surface area is 122 Å². The lowest BCUT2D eigenvalue weighted by molar-refractivity contribution is 0.107. The number of hydrogen-bond acceptors (Lipinski definition) is 5. The number of nitrogen functional groups attached to an aromatic ring is 1.